The molecule has 0 aliphatic rings. The number of carbonyl (C=O) groups excluding carboxylic acids is 1. The second-order valence-electron chi connectivity index (χ2n) is 6.41. The molecule has 3 rings (SSSR count). The van der Waals surface area contributed by atoms with Crippen LogP contribution >= 0.6 is 23.5 Å². The molecular weight excluding hydrogens is 430 g/mol. The minimum Gasteiger partial charge on any atom is -0.478 e. The van der Waals surface area contributed by atoms with E-state index in [-0.39, 0.29) is 18.6 Å². The normalized spacial score (nSPS) is 10.3. The van der Waals surface area contributed by atoms with Crippen molar-refractivity contribution in [3.05, 3.63) is 91.0 Å². The van der Waals surface area contributed by atoms with Gasteiger partial charge in [-0.15, -0.1) is 0 Å². The molecule has 0 atom stereocenters. The van der Waals surface area contributed by atoms with Gasteiger partial charge in [0.2, 0.25) is 0 Å². The van der Waals surface area contributed by atoms with Crippen LogP contribution in [-0.2, 0) is 9.53 Å². The second kappa shape index (κ2) is 11.3. The highest BCUT2D eigenvalue weighted by atomic mass is 32.2. The first-order chi connectivity index (χ1) is 15.0. The summed E-state index contributed by atoms with van der Waals surface area (Å²) in [5.41, 5.74) is 0.618. The second-order valence-corrected chi connectivity index (χ2v) is 8.67. The molecule has 2 N–H and O–H groups in total. The number of hydrogen-bond acceptors (Lipinski definition) is 5. The van der Waals surface area contributed by atoms with Crippen molar-refractivity contribution in [1.29, 1.82) is 0 Å². The summed E-state index contributed by atoms with van der Waals surface area (Å²) in [7, 11) is 0. The number of ether oxygens (including phenoxy) is 1. The standard InChI is InChI=1S/C24H21NO4S2/c1-17(23(26)27)14-15-29-24(28)25-21-12-5-6-13-22(21)31-20-11-7-10-19(16-20)30-18-8-3-2-4-9-18/h2-13,16H,1,14-15H2,(H,25,28)(H,26,27). The molecule has 0 radical (unpaired) electrons. The number of hydrogen-bond donors (Lipinski definition) is 2. The smallest absolute Gasteiger partial charge is 0.411 e. The molecule has 0 aliphatic heterocycles. The van der Waals surface area contributed by atoms with Gasteiger partial charge in [0.05, 0.1) is 12.3 Å². The molecule has 31 heavy (non-hydrogen) atoms. The maximum absolute atomic E-state index is 12.1. The van der Waals surface area contributed by atoms with Gasteiger partial charge >= 0.3 is 12.1 Å². The van der Waals surface area contributed by atoms with Crippen LogP contribution in [0.3, 0.4) is 0 Å². The molecule has 0 saturated carbocycles. The first-order valence-electron chi connectivity index (χ1n) is 9.46. The summed E-state index contributed by atoms with van der Waals surface area (Å²) in [5, 5.41) is 11.5. The third-order valence-electron chi connectivity index (χ3n) is 4.08. The maximum Gasteiger partial charge on any atom is 0.411 e. The zero-order chi connectivity index (χ0) is 22.1. The van der Waals surface area contributed by atoms with Crippen LogP contribution in [0.4, 0.5) is 10.5 Å². The van der Waals surface area contributed by atoms with Gasteiger partial charge in [0.15, 0.2) is 0 Å². The molecule has 0 aromatic heterocycles. The van der Waals surface area contributed by atoms with Crippen molar-refractivity contribution in [2.45, 2.75) is 26.0 Å². The molecule has 0 bridgehead atoms. The van der Waals surface area contributed by atoms with Crippen molar-refractivity contribution < 1.29 is 19.4 Å². The molecular formula is C24H21NO4S2. The molecule has 0 fully saturated rings. The number of carbonyl (C=O) groups is 2. The maximum atomic E-state index is 12.1. The van der Waals surface area contributed by atoms with E-state index >= 15 is 0 Å². The molecule has 0 saturated heterocycles. The highest BCUT2D eigenvalue weighted by molar-refractivity contribution is 8.00. The average Bonchev–Trinajstić information content (AvgIpc) is 2.76. The molecule has 0 heterocycles. The van der Waals surface area contributed by atoms with Crippen LogP contribution < -0.4 is 5.32 Å². The van der Waals surface area contributed by atoms with Crippen molar-refractivity contribution in [2.75, 3.05) is 11.9 Å². The predicted molar refractivity (Wildman–Crippen MR) is 124 cm³/mol. The Morgan fingerprint density at radius 3 is 2.26 bits per heavy atom. The molecule has 5 nitrogen and oxygen atoms in total. The molecule has 0 aliphatic carbocycles. The van der Waals surface area contributed by atoms with Crippen LogP contribution in [0.25, 0.3) is 0 Å². The van der Waals surface area contributed by atoms with E-state index in [2.05, 4.69) is 36.2 Å². The van der Waals surface area contributed by atoms with E-state index in [0.717, 1.165) is 14.7 Å². The molecule has 0 spiro atoms. The number of para-hydroxylation sites is 1. The number of carboxylic acids is 1. The van der Waals surface area contributed by atoms with E-state index in [9.17, 15) is 9.59 Å². The number of amides is 1. The van der Waals surface area contributed by atoms with Gasteiger partial charge in [-0.2, -0.15) is 0 Å². The lowest BCUT2D eigenvalue weighted by atomic mass is 10.2. The van der Waals surface area contributed by atoms with Crippen LogP contribution in [0.15, 0.2) is 111 Å². The van der Waals surface area contributed by atoms with Crippen LogP contribution in [0.5, 0.6) is 0 Å². The summed E-state index contributed by atoms with van der Waals surface area (Å²) in [5.74, 6) is -1.10. The summed E-state index contributed by atoms with van der Waals surface area (Å²) >= 11 is 3.23. The van der Waals surface area contributed by atoms with E-state index in [1.807, 2.05) is 48.5 Å². The van der Waals surface area contributed by atoms with E-state index < -0.39 is 12.1 Å². The average molecular weight is 452 g/mol. The molecule has 158 valence electrons. The number of nitrogens with one attached hydrogen (secondary N) is 1. The first kappa shape index (κ1) is 22.5. The Morgan fingerprint density at radius 2 is 1.52 bits per heavy atom. The van der Waals surface area contributed by atoms with Gasteiger partial charge in [0.1, 0.15) is 0 Å². The number of rotatable bonds is 9. The van der Waals surface area contributed by atoms with Crippen molar-refractivity contribution in [2.24, 2.45) is 0 Å². The predicted octanol–water partition coefficient (Wildman–Crippen LogP) is 6.57. The van der Waals surface area contributed by atoms with Gasteiger partial charge in [-0.25, -0.2) is 9.59 Å². The Morgan fingerprint density at radius 1 is 0.871 bits per heavy atom. The molecule has 3 aromatic carbocycles. The minimum atomic E-state index is -1.10. The third-order valence-corrected chi connectivity index (χ3v) is 6.14. The molecule has 0 unspecified atom stereocenters. The van der Waals surface area contributed by atoms with Gasteiger partial charge in [-0.05, 0) is 42.5 Å². The molecule has 1 amide bonds. The minimum absolute atomic E-state index is 0.00277. The fourth-order valence-electron chi connectivity index (χ4n) is 2.53. The lowest BCUT2D eigenvalue weighted by molar-refractivity contribution is -0.132. The Bertz CT molecular complexity index is 1070. The van der Waals surface area contributed by atoms with Crippen LogP contribution in [-0.4, -0.2) is 23.8 Å². The number of aliphatic carboxylic acids is 1. The molecule has 7 heteroatoms. The first-order valence-corrected chi connectivity index (χ1v) is 11.1. The van der Waals surface area contributed by atoms with E-state index in [1.165, 1.54) is 16.7 Å². The zero-order valence-corrected chi connectivity index (χ0v) is 18.2. The third kappa shape index (κ3) is 7.24. The van der Waals surface area contributed by atoms with Crippen molar-refractivity contribution in [1.82, 2.24) is 0 Å². The van der Waals surface area contributed by atoms with Crippen LogP contribution in [0, 0.1) is 0 Å². The highest BCUT2D eigenvalue weighted by Gasteiger charge is 2.11. The Hall–Kier alpha value is -3.16. The number of carboxylic acid groups (broad SMARTS) is 1. The summed E-state index contributed by atoms with van der Waals surface area (Å²) in [6.45, 7) is 3.36. The van der Waals surface area contributed by atoms with Gasteiger partial charge in [-0.1, -0.05) is 66.5 Å². The number of anilines is 1. The summed E-state index contributed by atoms with van der Waals surface area (Å²) in [6.07, 6.45) is -0.565. The van der Waals surface area contributed by atoms with Gasteiger partial charge in [0, 0.05) is 31.6 Å². The van der Waals surface area contributed by atoms with Crippen molar-refractivity contribution >= 4 is 41.3 Å². The van der Waals surface area contributed by atoms with Crippen LogP contribution in [0.1, 0.15) is 6.42 Å². The highest BCUT2D eigenvalue weighted by Crippen LogP contribution is 2.36. The van der Waals surface area contributed by atoms with Crippen molar-refractivity contribution in [3.8, 4) is 0 Å². The topological polar surface area (TPSA) is 75.6 Å². The van der Waals surface area contributed by atoms with E-state index in [4.69, 9.17) is 9.84 Å². The Balaban J connectivity index is 1.63. The zero-order valence-electron chi connectivity index (χ0n) is 16.6. The fraction of sp³-hybridized carbons (Fsp3) is 0.0833. The quantitative estimate of drug-likeness (QED) is 0.359. The Kier molecular flexibility index (Phi) is 8.20. The van der Waals surface area contributed by atoms with E-state index in [0.29, 0.717) is 5.69 Å². The van der Waals surface area contributed by atoms with Crippen LogP contribution in [0.2, 0.25) is 0 Å². The SMILES string of the molecule is C=C(CCOC(=O)Nc1ccccc1Sc1cccc(Sc2ccccc2)c1)C(=O)O. The fourth-order valence-corrected chi connectivity index (χ4v) is 4.47. The summed E-state index contributed by atoms with van der Waals surface area (Å²) in [4.78, 5) is 27.1. The number of benzene rings is 3. The Labute approximate surface area is 189 Å². The largest absolute Gasteiger partial charge is 0.478 e. The van der Waals surface area contributed by atoms with Crippen molar-refractivity contribution in [3.63, 3.8) is 0 Å². The van der Waals surface area contributed by atoms with Gasteiger partial charge < -0.3 is 9.84 Å². The molecule has 3 aromatic rings. The van der Waals surface area contributed by atoms with Gasteiger partial charge in [-0.3, -0.25) is 5.32 Å². The lowest BCUT2D eigenvalue weighted by Crippen LogP contribution is -2.15. The van der Waals surface area contributed by atoms with Gasteiger partial charge in [0.25, 0.3) is 0 Å². The lowest BCUT2D eigenvalue weighted by Gasteiger charge is -2.12. The summed E-state index contributed by atoms with van der Waals surface area (Å²) in [6, 6.07) is 25.8. The monoisotopic (exact) mass is 451 g/mol. The van der Waals surface area contributed by atoms with E-state index in [1.54, 1.807) is 17.8 Å². The summed E-state index contributed by atoms with van der Waals surface area (Å²) < 4.78 is 5.07.